The summed E-state index contributed by atoms with van der Waals surface area (Å²) in [6.45, 7) is 5.16. The lowest BCUT2D eigenvalue weighted by atomic mass is 9.88. The molecule has 196 valence electrons. The van der Waals surface area contributed by atoms with E-state index >= 15 is 0 Å². The molecule has 0 aliphatic heterocycles. The van der Waals surface area contributed by atoms with Crippen molar-refractivity contribution in [2.75, 3.05) is 27.2 Å². The van der Waals surface area contributed by atoms with Crippen LogP contribution in [-0.4, -0.2) is 45.8 Å². The highest BCUT2D eigenvalue weighted by Gasteiger charge is 2.30. The van der Waals surface area contributed by atoms with Crippen LogP contribution in [0, 0.1) is 6.92 Å². The average Bonchev–Trinajstić information content (AvgIpc) is 2.93. The van der Waals surface area contributed by atoms with E-state index in [0.717, 1.165) is 45.7 Å². The molecule has 0 saturated carbocycles. The average molecular weight is 526 g/mol. The Bertz CT molecular complexity index is 1460. The maximum Gasteiger partial charge on any atom is 0.185 e. The van der Waals surface area contributed by atoms with Gasteiger partial charge in [-0.25, -0.2) is 8.42 Å². The van der Waals surface area contributed by atoms with Gasteiger partial charge in [0, 0.05) is 6.54 Å². The second-order valence-corrected chi connectivity index (χ2v) is 12.0. The number of rotatable bonds is 10. The maximum atomic E-state index is 14.0. The Labute approximate surface area is 227 Å². The van der Waals surface area contributed by atoms with E-state index in [0.29, 0.717) is 11.5 Å². The van der Waals surface area contributed by atoms with Crippen molar-refractivity contribution in [3.8, 4) is 5.75 Å². The fourth-order valence-electron chi connectivity index (χ4n) is 4.43. The van der Waals surface area contributed by atoms with Crippen LogP contribution in [0.2, 0.25) is 0 Å². The van der Waals surface area contributed by atoms with Crippen molar-refractivity contribution in [2.45, 2.75) is 24.0 Å². The monoisotopic (exact) mass is 525 g/mol. The molecule has 0 bridgehead atoms. The molecule has 4 aromatic carbocycles. The van der Waals surface area contributed by atoms with Gasteiger partial charge in [-0.15, -0.1) is 0 Å². The van der Waals surface area contributed by atoms with Gasteiger partial charge < -0.3 is 9.64 Å². The highest BCUT2D eigenvalue weighted by atomic mass is 32.2. The summed E-state index contributed by atoms with van der Waals surface area (Å²) < 4.78 is 33.9. The Balaban J connectivity index is 1.90. The van der Waals surface area contributed by atoms with Gasteiger partial charge in [0.2, 0.25) is 0 Å². The third kappa shape index (κ3) is 6.42. The smallest absolute Gasteiger partial charge is 0.185 e. The summed E-state index contributed by atoms with van der Waals surface area (Å²) in [4.78, 5) is 2.40. The zero-order chi connectivity index (χ0) is 27.1. The second-order valence-electron chi connectivity index (χ2n) is 9.70. The van der Waals surface area contributed by atoms with Crippen LogP contribution in [0.4, 0.5) is 0 Å². The predicted molar refractivity (Wildman–Crippen MR) is 157 cm³/mol. The van der Waals surface area contributed by atoms with Crippen LogP contribution in [0.5, 0.6) is 5.75 Å². The SMILES string of the molecule is Cc1ccc(S(=O)(=O)C(C)/C(=C(\c2ccccc2)c2ccc(OCCN(C)C)cc2)c2ccccc2)cc1. The lowest BCUT2D eigenvalue weighted by Gasteiger charge is -2.23. The molecule has 0 aliphatic carbocycles. The fraction of sp³-hybridized carbons (Fsp3) is 0.212. The zero-order valence-corrected chi connectivity index (χ0v) is 23.3. The molecule has 0 amide bonds. The molecular formula is C33H35NO3S. The molecule has 4 nitrogen and oxygen atoms in total. The largest absolute Gasteiger partial charge is 0.492 e. The fourth-order valence-corrected chi connectivity index (χ4v) is 5.92. The number of likely N-dealkylation sites (N-methyl/N-ethyl adjacent to an activating group) is 1. The van der Waals surface area contributed by atoms with Gasteiger partial charge in [0.05, 0.1) is 10.1 Å². The molecule has 0 spiro atoms. The number of benzene rings is 4. The molecule has 0 heterocycles. The summed E-state index contributed by atoms with van der Waals surface area (Å²) in [5.74, 6) is 0.782. The summed E-state index contributed by atoms with van der Waals surface area (Å²) in [6.07, 6.45) is 0. The number of aryl methyl sites for hydroxylation is 1. The number of nitrogens with zero attached hydrogens (tertiary/aromatic N) is 1. The standard InChI is InChI=1S/C33H35NO3S/c1-25-15-21-31(22-16-25)38(35,36)26(2)32(27-11-7-5-8-12-27)33(28-13-9-6-10-14-28)29-17-19-30(20-18-29)37-24-23-34(3)4/h5-22,26H,23-24H2,1-4H3/b33-32-. The highest BCUT2D eigenvalue weighted by molar-refractivity contribution is 7.92. The third-order valence-electron chi connectivity index (χ3n) is 6.59. The van der Waals surface area contributed by atoms with Crippen molar-refractivity contribution >= 4 is 21.0 Å². The van der Waals surface area contributed by atoms with E-state index in [1.807, 2.05) is 118 Å². The second kappa shape index (κ2) is 12.2. The Morgan fingerprint density at radius 1 is 0.737 bits per heavy atom. The summed E-state index contributed by atoms with van der Waals surface area (Å²) in [7, 11) is 0.349. The molecule has 0 fully saturated rings. The van der Waals surface area contributed by atoms with Crippen LogP contribution >= 0.6 is 0 Å². The summed E-state index contributed by atoms with van der Waals surface area (Å²) in [5.41, 5.74) is 5.44. The van der Waals surface area contributed by atoms with Crippen molar-refractivity contribution in [1.82, 2.24) is 4.90 Å². The van der Waals surface area contributed by atoms with Gasteiger partial charge in [0.25, 0.3) is 0 Å². The first-order chi connectivity index (χ1) is 18.3. The molecule has 0 radical (unpaired) electrons. The van der Waals surface area contributed by atoms with Crippen LogP contribution in [0.15, 0.2) is 114 Å². The number of hydrogen-bond donors (Lipinski definition) is 0. The molecule has 0 N–H and O–H groups in total. The van der Waals surface area contributed by atoms with Crippen molar-refractivity contribution in [3.63, 3.8) is 0 Å². The molecule has 1 unspecified atom stereocenters. The van der Waals surface area contributed by atoms with E-state index in [9.17, 15) is 8.42 Å². The molecule has 5 heteroatoms. The Kier molecular flexibility index (Phi) is 8.82. The third-order valence-corrected chi connectivity index (χ3v) is 8.68. The molecule has 4 rings (SSSR count). The molecular weight excluding hydrogens is 490 g/mol. The van der Waals surface area contributed by atoms with E-state index < -0.39 is 15.1 Å². The Morgan fingerprint density at radius 2 is 1.26 bits per heavy atom. The number of hydrogen-bond acceptors (Lipinski definition) is 4. The van der Waals surface area contributed by atoms with E-state index in [-0.39, 0.29) is 0 Å². The van der Waals surface area contributed by atoms with Crippen molar-refractivity contribution in [2.24, 2.45) is 0 Å². The van der Waals surface area contributed by atoms with Gasteiger partial charge in [-0.05, 0) is 80.0 Å². The minimum Gasteiger partial charge on any atom is -0.492 e. The summed E-state index contributed by atoms with van der Waals surface area (Å²) >= 11 is 0. The van der Waals surface area contributed by atoms with Crippen LogP contribution in [-0.2, 0) is 9.84 Å². The molecule has 4 aromatic rings. The molecule has 1 atom stereocenters. The van der Waals surface area contributed by atoms with Gasteiger partial charge in [-0.3, -0.25) is 0 Å². The highest BCUT2D eigenvalue weighted by Crippen LogP contribution is 2.38. The van der Waals surface area contributed by atoms with Crippen LogP contribution in [0.3, 0.4) is 0 Å². The number of sulfone groups is 1. The van der Waals surface area contributed by atoms with Crippen LogP contribution in [0.25, 0.3) is 11.1 Å². The van der Waals surface area contributed by atoms with E-state index in [2.05, 4.69) is 4.90 Å². The number of ether oxygens (including phenoxy) is 1. The van der Waals surface area contributed by atoms with E-state index in [1.165, 1.54) is 0 Å². The maximum absolute atomic E-state index is 14.0. The van der Waals surface area contributed by atoms with Gasteiger partial charge in [0.1, 0.15) is 12.4 Å². The van der Waals surface area contributed by atoms with Gasteiger partial charge in [-0.2, -0.15) is 0 Å². The first-order valence-corrected chi connectivity index (χ1v) is 14.4. The van der Waals surface area contributed by atoms with E-state index in [4.69, 9.17) is 4.74 Å². The molecule has 0 saturated heterocycles. The van der Waals surface area contributed by atoms with E-state index in [1.54, 1.807) is 19.1 Å². The minimum atomic E-state index is -3.68. The quantitative estimate of drug-likeness (QED) is 0.215. The Morgan fingerprint density at radius 3 is 1.82 bits per heavy atom. The van der Waals surface area contributed by atoms with Crippen LogP contribution in [0.1, 0.15) is 29.2 Å². The zero-order valence-electron chi connectivity index (χ0n) is 22.5. The summed E-state index contributed by atoms with van der Waals surface area (Å²) in [5, 5.41) is -0.793. The topological polar surface area (TPSA) is 46.6 Å². The lowest BCUT2D eigenvalue weighted by molar-refractivity contribution is 0.261. The predicted octanol–water partition coefficient (Wildman–Crippen LogP) is 6.76. The van der Waals surface area contributed by atoms with Crippen molar-refractivity contribution in [1.29, 1.82) is 0 Å². The van der Waals surface area contributed by atoms with Gasteiger partial charge in [-0.1, -0.05) is 90.5 Å². The first-order valence-electron chi connectivity index (χ1n) is 12.8. The van der Waals surface area contributed by atoms with Gasteiger partial charge >= 0.3 is 0 Å². The normalized spacial score (nSPS) is 13.2. The van der Waals surface area contributed by atoms with Crippen LogP contribution < -0.4 is 4.74 Å². The molecule has 38 heavy (non-hydrogen) atoms. The Hall–Kier alpha value is -3.67. The summed E-state index contributed by atoms with van der Waals surface area (Å²) in [6, 6.07) is 34.8. The molecule has 0 aliphatic rings. The van der Waals surface area contributed by atoms with Crippen molar-refractivity contribution in [3.05, 3.63) is 131 Å². The van der Waals surface area contributed by atoms with Gasteiger partial charge in [0.15, 0.2) is 9.84 Å². The van der Waals surface area contributed by atoms with Crippen molar-refractivity contribution < 1.29 is 13.2 Å². The lowest BCUT2D eigenvalue weighted by Crippen LogP contribution is -2.21. The molecule has 0 aromatic heterocycles. The minimum absolute atomic E-state index is 0.320. The first kappa shape index (κ1) is 27.4.